The third kappa shape index (κ3) is 17.0. The van der Waals surface area contributed by atoms with Gasteiger partial charge in [-0.25, -0.2) is 4.79 Å². The normalized spacial score (nSPS) is 14.2. The number of aliphatic hydroxyl groups is 1. The van der Waals surface area contributed by atoms with E-state index in [0.717, 1.165) is 0 Å². The molecule has 0 aromatic carbocycles. The molecule has 41 heavy (non-hydrogen) atoms. The van der Waals surface area contributed by atoms with Gasteiger partial charge in [0.05, 0.1) is 6.10 Å². The predicted molar refractivity (Wildman–Crippen MR) is 153 cm³/mol. The molecule has 19 N–H and O–H groups in total. The van der Waals surface area contributed by atoms with Crippen LogP contribution < -0.4 is 56.1 Å². The Labute approximate surface area is 237 Å². The maximum atomic E-state index is 13.2. The van der Waals surface area contributed by atoms with E-state index in [1.807, 2.05) is 0 Å². The highest BCUT2D eigenvalue weighted by atomic mass is 16.4. The summed E-state index contributed by atoms with van der Waals surface area (Å²) in [5, 5.41) is 26.6. The number of rotatable bonds is 20. The van der Waals surface area contributed by atoms with Crippen LogP contribution in [0.15, 0.2) is 15.0 Å². The molecule has 0 fully saturated rings. The fourth-order valence-electron chi connectivity index (χ4n) is 3.34. The lowest BCUT2D eigenvalue weighted by molar-refractivity contribution is -0.142. The van der Waals surface area contributed by atoms with Crippen molar-refractivity contribution in [3.63, 3.8) is 0 Å². The maximum Gasteiger partial charge on any atom is 0.326 e. The maximum absolute atomic E-state index is 13.2. The van der Waals surface area contributed by atoms with E-state index in [0.29, 0.717) is 0 Å². The van der Waals surface area contributed by atoms with Gasteiger partial charge in [0, 0.05) is 19.6 Å². The number of nitrogens with two attached hydrogens (primary N) is 7. The number of aliphatic carboxylic acids is 1. The average molecular weight is 588 g/mol. The standard InChI is InChI=1S/C22H45N13O6/c1-11(36)15(23)18(39)34-13(6-3-9-31-21(26)27)16(37)33-12(5-2-8-30-20(24)25)17(38)35-14(19(40)41)7-4-10-32-22(28)29/h11-15,36H,2-10,23H2,1H3,(H,33,37)(H,34,39)(H,35,38)(H,40,41)(H4,24,25,30)(H4,26,27,31)(H4,28,29,32). The van der Waals surface area contributed by atoms with Crippen molar-refractivity contribution in [3.05, 3.63) is 0 Å². The van der Waals surface area contributed by atoms with Crippen LogP contribution in [0, 0.1) is 0 Å². The molecule has 0 saturated carbocycles. The second-order valence-corrected chi connectivity index (χ2v) is 9.13. The van der Waals surface area contributed by atoms with Gasteiger partial charge >= 0.3 is 5.97 Å². The molecule has 0 aromatic heterocycles. The summed E-state index contributed by atoms with van der Waals surface area (Å²) in [6.07, 6.45) is -0.361. The number of nitrogens with zero attached hydrogens (tertiary/aromatic N) is 3. The predicted octanol–water partition coefficient (Wildman–Crippen LogP) is -5.61. The second-order valence-electron chi connectivity index (χ2n) is 9.13. The Hall–Kier alpha value is -4.39. The average Bonchev–Trinajstić information content (AvgIpc) is 2.87. The van der Waals surface area contributed by atoms with Crippen LogP contribution in [0.1, 0.15) is 45.4 Å². The van der Waals surface area contributed by atoms with E-state index in [9.17, 15) is 29.4 Å². The van der Waals surface area contributed by atoms with Crippen molar-refractivity contribution in [3.8, 4) is 0 Å². The minimum atomic E-state index is -1.32. The summed E-state index contributed by atoms with van der Waals surface area (Å²) in [6.45, 7) is 1.74. The van der Waals surface area contributed by atoms with Crippen LogP contribution in [-0.4, -0.2) is 102 Å². The molecule has 19 heteroatoms. The van der Waals surface area contributed by atoms with Gasteiger partial charge in [-0.1, -0.05) is 0 Å². The van der Waals surface area contributed by atoms with Gasteiger partial charge in [-0.05, 0) is 45.4 Å². The largest absolute Gasteiger partial charge is 0.480 e. The Kier molecular flexibility index (Phi) is 17.5. The molecule has 0 heterocycles. The summed E-state index contributed by atoms with van der Waals surface area (Å²) in [4.78, 5) is 62.0. The Balaban J connectivity index is 5.77. The van der Waals surface area contributed by atoms with E-state index in [1.165, 1.54) is 6.92 Å². The van der Waals surface area contributed by atoms with E-state index < -0.39 is 54.0 Å². The molecule has 0 aliphatic rings. The SMILES string of the molecule is CC(O)C(N)C(=O)NC(CCCN=C(N)N)C(=O)NC(CCCN=C(N)N)C(=O)NC(CCCN=C(N)N)C(=O)O. The lowest BCUT2D eigenvalue weighted by atomic mass is 10.1. The highest BCUT2D eigenvalue weighted by molar-refractivity contribution is 5.94. The lowest BCUT2D eigenvalue weighted by Crippen LogP contribution is -2.58. The van der Waals surface area contributed by atoms with Gasteiger partial charge in [0.2, 0.25) is 17.7 Å². The molecule has 5 unspecified atom stereocenters. The number of carboxylic acids is 1. The quantitative estimate of drug-likeness (QED) is 0.0359. The Morgan fingerprint density at radius 2 is 0.951 bits per heavy atom. The van der Waals surface area contributed by atoms with Crippen molar-refractivity contribution in [2.75, 3.05) is 19.6 Å². The molecular formula is C22H45N13O6. The number of amides is 3. The van der Waals surface area contributed by atoms with Crippen LogP contribution in [0.4, 0.5) is 0 Å². The third-order valence-corrected chi connectivity index (χ3v) is 5.54. The molecule has 0 aliphatic carbocycles. The molecule has 19 nitrogen and oxygen atoms in total. The number of aliphatic imine (C=N–C) groups is 3. The molecule has 3 amide bonds. The Morgan fingerprint density at radius 3 is 1.27 bits per heavy atom. The van der Waals surface area contributed by atoms with Crippen LogP contribution in [0.3, 0.4) is 0 Å². The molecule has 0 radical (unpaired) electrons. The number of nitrogens with one attached hydrogen (secondary N) is 3. The zero-order valence-corrected chi connectivity index (χ0v) is 23.2. The topological polar surface area (TPSA) is 364 Å². The minimum Gasteiger partial charge on any atom is -0.480 e. The summed E-state index contributed by atoms with van der Waals surface area (Å²) >= 11 is 0. The van der Waals surface area contributed by atoms with Crippen molar-refractivity contribution < 1.29 is 29.4 Å². The van der Waals surface area contributed by atoms with Crippen LogP contribution in [-0.2, 0) is 19.2 Å². The van der Waals surface area contributed by atoms with Crippen molar-refractivity contribution in [2.24, 2.45) is 55.1 Å². The molecule has 0 saturated heterocycles. The highest BCUT2D eigenvalue weighted by Gasteiger charge is 2.30. The van der Waals surface area contributed by atoms with Crippen LogP contribution >= 0.6 is 0 Å². The van der Waals surface area contributed by atoms with Gasteiger partial charge < -0.3 is 66.3 Å². The van der Waals surface area contributed by atoms with E-state index in [2.05, 4.69) is 30.9 Å². The zero-order valence-electron chi connectivity index (χ0n) is 23.2. The van der Waals surface area contributed by atoms with Crippen LogP contribution in [0.25, 0.3) is 0 Å². The number of carbonyl (C=O) groups is 4. The van der Waals surface area contributed by atoms with Crippen LogP contribution in [0.2, 0.25) is 0 Å². The van der Waals surface area contributed by atoms with Crippen molar-refractivity contribution in [2.45, 2.75) is 75.7 Å². The van der Waals surface area contributed by atoms with E-state index in [4.69, 9.17) is 40.1 Å². The number of hydrogen-bond acceptors (Lipinski definition) is 9. The van der Waals surface area contributed by atoms with Gasteiger partial charge in [0.25, 0.3) is 0 Å². The fourth-order valence-corrected chi connectivity index (χ4v) is 3.34. The summed E-state index contributed by atoms with van der Waals surface area (Å²) in [5.74, 6) is -4.13. The smallest absolute Gasteiger partial charge is 0.326 e. The van der Waals surface area contributed by atoms with E-state index in [1.54, 1.807) is 0 Å². The van der Waals surface area contributed by atoms with Gasteiger partial charge in [0.15, 0.2) is 17.9 Å². The lowest BCUT2D eigenvalue weighted by Gasteiger charge is -2.25. The number of guanidine groups is 3. The van der Waals surface area contributed by atoms with Crippen LogP contribution in [0.5, 0.6) is 0 Å². The zero-order chi connectivity index (χ0) is 31.5. The van der Waals surface area contributed by atoms with Crippen molar-refractivity contribution in [1.29, 1.82) is 0 Å². The molecule has 234 valence electrons. The molecule has 0 aliphatic heterocycles. The molecule has 0 spiro atoms. The van der Waals surface area contributed by atoms with E-state index in [-0.39, 0.29) is 76.0 Å². The number of carboxylic acid groups (broad SMARTS) is 1. The number of hydrogen-bond donors (Lipinski definition) is 12. The molecule has 5 atom stereocenters. The fraction of sp³-hybridized carbons (Fsp3) is 0.682. The minimum absolute atomic E-state index is 0.00717. The highest BCUT2D eigenvalue weighted by Crippen LogP contribution is 2.06. The first kappa shape index (κ1) is 36.6. The summed E-state index contributed by atoms with van der Waals surface area (Å²) in [5.41, 5.74) is 37.5. The van der Waals surface area contributed by atoms with Gasteiger partial charge in [-0.15, -0.1) is 0 Å². The van der Waals surface area contributed by atoms with Gasteiger partial charge in [0.1, 0.15) is 24.2 Å². The number of aliphatic hydroxyl groups excluding tert-OH is 1. The summed E-state index contributed by atoms with van der Waals surface area (Å²) in [6, 6.07) is -5.03. The summed E-state index contributed by atoms with van der Waals surface area (Å²) in [7, 11) is 0. The Bertz CT molecular complexity index is 944. The van der Waals surface area contributed by atoms with Gasteiger partial charge in [-0.3, -0.25) is 29.4 Å². The molecule has 0 bridgehead atoms. The number of carbonyl (C=O) groups excluding carboxylic acids is 3. The molecular weight excluding hydrogens is 542 g/mol. The van der Waals surface area contributed by atoms with Crippen molar-refractivity contribution in [1.82, 2.24) is 16.0 Å². The first-order valence-corrected chi connectivity index (χ1v) is 12.9. The van der Waals surface area contributed by atoms with E-state index >= 15 is 0 Å². The second kappa shape index (κ2) is 19.6. The molecule has 0 aromatic rings. The molecule has 0 rings (SSSR count). The third-order valence-electron chi connectivity index (χ3n) is 5.54. The Morgan fingerprint density at radius 1 is 0.634 bits per heavy atom. The van der Waals surface area contributed by atoms with Crippen molar-refractivity contribution >= 4 is 41.6 Å². The summed E-state index contributed by atoms with van der Waals surface area (Å²) < 4.78 is 0. The monoisotopic (exact) mass is 587 g/mol. The first-order chi connectivity index (χ1) is 19.1. The first-order valence-electron chi connectivity index (χ1n) is 12.9. The van der Waals surface area contributed by atoms with Gasteiger partial charge in [-0.2, -0.15) is 0 Å².